The van der Waals surface area contributed by atoms with Gasteiger partial charge in [0.1, 0.15) is 0 Å². The summed E-state index contributed by atoms with van der Waals surface area (Å²) in [5.74, 6) is -0.394. The van der Waals surface area contributed by atoms with Crippen LogP contribution in [-0.2, 0) is 4.79 Å². The number of primary amides is 1. The highest BCUT2D eigenvalue weighted by Gasteiger charge is 2.30. The number of para-hydroxylation sites is 1. The van der Waals surface area contributed by atoms with E-state index in [0.717, 1.165) is 22.5 Å². The predicted molar refractivity (Wildman–Crippen MR) is 93.9 cm³/mol. The average molecular weight is 324 g/mol. The Bertz CT molecular complexity index is 758. The van der Waals surface area contributed by atoms with E-state index in [0.29, 0.717) is 6.54 Å². The largest absolute Gasteiger partial charge is 0.368 e. The third-order valence-corrected chi connectivity index (χ3v) is 4.02. The van der Waals surface area contributed by atoms with Crippen LogP contribution in [0.15, 0.2) is 48.5 Å². The summed E-state index contributed by atoms with van der Waals surface area (Å²) >= 11 is 0. The highest BCUT2D eigenvalue weighted by Crippen LogP contribution is 2.34. The number of nitrogens with two attached hydrogens (primary N) is 1. The molecule has 2 aromatic carbocycles. The molecule has 6 heteroatoms. The first-order chi connectivity index (χ1) is 11.5. The molecule has 1 atom stereocenters. The average Bonchev–Trinajstić information content (AvgIpc) is 2.87. The first kappa shape index (κ1) is 15.9. The van der Waals surface area contributed by atoms with Gasteiger partial charge < -0.3 is 21.3 Å². The van der Waals surface area contributed by atoms with E-state index < -0.39 is 5.91 Å². The van der Waals surface area contributed by atoms with Crippen molar-refractivity contribution in [2.45, 2.75) is 13.0 Å². The molecule has 1 aliphatic rings. The summed E-state index contributed by atoms with van der Waals surface area (Å²) in [6, 6.07) is 14.8. The first-order valence-electron chi connectivity index (χ1n) is 7.79. The first-order valence-corrected chi connectivity index (χ1v) is 7.79. The number of anilines is 2. The fraction of sp³-hybridized carbons (Fsp3) is 0.222. The van der Waals surface area contributed by atoms with Crippen molar-refractivity contribution in [1.29, 1.82) is 0 Å². The van der Waals surface area contributed by atoms with Crippen LogP contribution in [0, 0.1) is 6.92 Å². The van der Waals surface area contributed by atoms with Crippen LogP contribution >= 0.6 is 0 Å². The van der Waals surface area contributed by atoms with Crippen molar-refractivity contribution >= 4 is 23.3 Å². The van der Waals surface area contributed by atoms with E-state index in [2.05, 4.69) is 10.6 Å². The monoisotopic (exact) mass is 324 g/mol. The van der Waals surface area contributed by atoms with Crippen LogP contribution in [0.5, 0.6) is 0 Å². The van der Waals surface area contributed by atoms with Crippen molar-refractivity contribution in [3.05, 3.63) is 59.7 Å². The topological polar surface area (TPSA) is 87.5 Å². The lowest BCUT2D eigenvalue weighted by Gasteiger charge is -2.18. The number of carbonyl (C=O) groups is 2. The molecule has 0 aromatic heterocycles. The van der Waals surface area contributed by atoms with Gasteiger partial charge in [0.05, 0.1) is 12.6 Å². The zero-order valence-electron chi connectivity index (χ0n) is 13.5. The summed E-state index contributed by atoms with van der Waals surface area (Å²) in [6.45, 7) is 2.64. The predicted octanol–water partition coefficient (Wildman–Crippen LogP) is 2.16. The minimum absolute atomic E-state index is 0.134. The second-order valence-corrected chi connectivity index (χ2v) is 5.92. The number of aryl methyl sites for hydroxylation is 1. The number of fused-ring (bicyclic) bond motifs is 1. The van der Waals surface area contributed by atoms with E-state index in [1.807, 2.05) is 60.4 Å². The molecule has 124 valence electrons. The van der Waals surface area contributed by atoms with Crippen LogP contribution in [0.4, 0.5) is 16.2 Å². The second kappa shape index (κ2) is 6.62. The molecule has 0 fully saturated rings. The van der Waals surface area contributed by atoms with Gasteiger partial charge in [-0.1, -0.05) is 35.9 Å². The smallest absolute Gasteiger partial charge is 0.319 e. The van der Waals surface area contributed by atoms with Gasteiger partial charge in [-0.05, 0) is 30.7 Å². The molecule has 1 unspecified atom stereocenters. The number of amides is 3. The molecule has 2 aromatic rings. The van der Waals surface area contributed by atoms with Crippen LogP contribution in [0.1, 0.15) is 17.2 Å². The third kappa shape index (κ3) is 3.48. The highest BCUT2D eigenvalue weighted by atomic mass is 16.2. The Kier molecular flexibility index (Phi) is 4.37. The molecule has 1 heterocycles. The van der Waals surface area contributed by atoms with Gasteiger partial charge in [0.15, 0.2) is 0 Å². The van der Waals surface area contributed by atoms with Gasteiger partial charge in [-0.2, -0.15) is 0 Å². The molecule has 0 radical (unpaired) electrons. The van der Waals surface area contributed by atoms with Gasteiger partial charge in [0.2, 0.25) is 5.91 Å². The van der Waals surface area contributed by atoms with Gasteiger partial charge >= 0.3 is 6.03 Å². The Balaban J connectivity index is 1.69. The second-order valence-electron chi connectivity index (χ2n) is 5.92. The fourth-order valence-corrected chi connectivity index (χ4v) is 2.91. The number of urea groups is 1. The Morgan fingerprint density at radius 2 is 1.88 bits per heavy atom. The zero-order valence-corrected chi connectivity index (χ0v) is 13.5. The molecule has 3 amide bonds. The summed E-state index contributed by atoms with van der Waals surface area (Å²) in [7, 11) is 0. The molecular formula is C18H20N4O2. The van der Waals surface area contributed by atoms with E-state index >= 15 is 0 Å². The van der Waals surface area contributed by atoms with Crippen LogP contribution < -0.4 is 21.3 Å². The third-order valence-electron chi connectivity index (χ3n) is 4.02. The lowest BCUT2D eigenvalue weighted by Crippen LogP contribution is -2.38. The van der Waals surface area contributed by atoms with Crippen molar-refractivity contribution in [2.24, 2.45) is 5.73 Å². The van der Waals surface area contributed by atoms with E-state index in [9.17, 15) is 9.59 Å². The van der Waals surface area contributed by atoms with Crippen molar-refractivity contribution in [3.8, 4) is 0 Å². The van der Waals surface area contributed by atoms with E-state index in [-0.39, 0.29) is 18.6 Å². The lowest BCUT2D eigenvalue weighted by atomic mass is 10.1. The number of nitrogens with zero attached hydrogens (tertiary/aromatic N) is 1. The number of rotatable bonds is 4. The van der Waals surface area contributed by atoms with Gasteiger partial charge in [-0.25, -0.2) is 4.79 Å². The molecule has 4 N–H and O–H groups in total. The Morgan fingerprint density at radius 1 is 1.17 bits per heavy atom. The number of hydrogen-bond donors (Lipinski definition) is 3. The summed E-state index contributed by atoms with van der Waals surface area (Å²) in [6.07, 6.45) is 0. The van der Waals surface area contributed by atoms with Crippen molar-refractivity contribution in [3.63, 3.8) is 0 Å². The van der Waals surface area contributed by atoms with Crippen LogP contribution in [0.3, 0.4) is 0 Å². The fourth-order valence-electron chi connectivity index (χ4n) is 2.91. The Hall–Kier alpha value is -3.02. The number of carbonyl (C=O) groups excluding carboxylic acids is 2. The molecule has 0 bridgehead atoms. The molecule has 0 aliphatic carbocycles. The maximum atomic E-state index is 12.3. The molecule has 6 nitrogen and oxygen atoms in total. The highest BCUT2D eigenvalue weighted by molar-refractivity contribution is 5.90. The lowest BCUT2D eigenvalue weighted by molar-refractivity contribution is -0.116. The summed E-state index contributed by atoms with van der Waals surface area (Å²) in [5, 5.41) is 5.78. The van der Waals surface area contributed by atoms with Crippen molar-refractivity contribution in [1.82, 2.24) is 5.32 Å². The molecule has 1 aliphatic heterocycles. The molecule has 24 heavy (non-hydrogen) atoms. The van der Waals surface area contributed by atoms with E-state index in [1.165, 1.54) is 0 Å². The van der Waals surface area contributed by atoms with Gasteiger partial charge in [-0.3, -0.25) is 4.79 Å². The molecule has 0 saturated heterocycles. The Morgan fingerprint density at radius 3 is 2.58 bits per heavy atom. The molecule has 3 rings (SSSR count). The normalized spacial score (nSPS) is 15.7. The molecular weight excluding hydrogens is 304 g/mol. The van der Waals surface area contributed by atoms with Gasteiger partial charge in [0.25, 0.3) is 0 Å². The zero-order chi connectivity index (χ0) is 17.1. The van der Waals surface area contributed by atoms with Crippen LogP contribution in [0.25, 0.3) is 0 Å². The van der Waals surface area contributed by atoms with Crippen LogP contribution in [0.2, 0.25) is 0 Å². The maximum Gasteiger partial charge on any atom is 0.319 e. The summed E-state index contributed by atoms with van der Waals surface area (Å²) in [5.41, 5.74) is 9.09. The van der Waals surface area contributed by atoms with Crippen molar-refractivity contribution < 1.29 is 9.59 Å². The van der Waals surface area contributed by atoms with Gasteiger partial charge in [0, 0.05) is 17.9 Å². The maximum absolute atomic E-state index is 12.3. The minimum atomic E-state index is -0.394. The minimum Gasteiger partial charge on any atom is -0.368 e. The quantitative estimate of drug-likeness (QED) is 0.805. The van der Waals surface area contributed by atoms with Gasteiger partial charge in [-0.15, -0.1) is 0 Å². The Labute approximate surface area is 140 Å². The van der Waals surface area contributed by atoms with E-state index in [4.69, 9.17) is 5.73 Å². The number of benzene rings is 2. The van der Waals surface area contributed by atoms with Crippen LogP contribution in [-0.4, -0.2) is 25.0 Å². The summed E-state index contributed by atoms with van der Waals surface area (Å²) in [4.78, 5) is 25.4. The number of nitrogens with one attached hydrogen (secondary N) is 2. The van der Waals surface area contributed by atoms with Crippen molar-refractivity contribution in [2.75, 3.05) is 23.3 Å². The standard InChI is InChI=1S/C18H20N4O2/c1-12-6-8-13(9-7-12)20-18(24)21-15-10-22(11-17(19)23)16-5-3-2-4-14(15)16/h2-9,15H,10-11H2,1H3,(H2,19,23)(H2,20,21,24). The summed E-state index contributed by atoms with van der Waals surface area (Å²) < 4.78 is 0. The van der Waals surface area contributed by atoms with E-state index in [1.54, 1.807) is 0 Å². The molecule has 0 spiro atoms. The molecule has 0 saturated carbocycles. The SMILES string of the molecule is Cc1ccc(NC(=O)NC2CN(CC(N)=O)c3ccccc32)cc1. The number of hydrogen-bond acceptors (Lipinski definition) is 3.